The van der Waals surface area contributed by atoms with Crippen LogP contribution in [0, 0.1) is 17.5 Å². The number of carbonyl (C=O) groups is 2. The maximum absolute atomic E-state index is 15.3. The molecule has 0 spiro atoms. The van der Waals surface area contributed by atoms with E-state index in [1.54, 1.807) is 19.1 Å². The summed E-state index contributed by atoms with van der Waals surface area (Å²) in [5.74, 6) is -4.40. The van der Waals surface area contributed by atoms with E-state index in [-0.39, 0.29) is 35.7 Å². The second kappa shape index (κ2) is 14.6. The number of benzene rings is 3. The van der Waals surface area contributed by atoms with Crippen LogP contribution in [0.3, 0.4) is 0 Å². The lowest BCUT2D eigenvalue weighted by molar-refractivity contribution is -0.118. The number of halogens is 4. The number of methoxy groups -OCH3 is 1. The molecule has 1 aliphatic heterocycles. The first-order valence-corrected chi connectivity index (χ1v) is 16.3. The molecule has 1 heterocycles. The number of nitrogens with zero attached hydrogens (tertiary/aromatic N) is 1. The number of sulfonamides is 1. The van der Waals surface area contributed by atoms with Crippen LogP contribution in [0.5, 0.6) is 0 Å². The van der Waals surface area contributed by atoms with Gasteiger partial charge in [0.05, 0.1) is 13.4 Å². The Morgan fingerprint density at radius 3 is 2.33 bits per heavy atom. The van der Waals surface area contributed by atoms with E-state index < -0.39 is 57.5 Å². The van der Waals surface area contributed by atoms with Gasteiger partial charge in [0.1, 0.15) is 23.5 Å². The monoisotopic (exact) mass is 666 g/mol. The van der Waals surface area contributed by atoms with Crippen LogP contribution in [0.1, 0.15) is 36.0 Å². The van der Waals surface area contributed by atoms with Crippen molar-refractivity contribution in [1.29, 1.82) is 0 Å². The van der Waals surface area contributed by atoms with Crippen molar-refractivity contribution in [1.82, 2.24) is 14.9 Å². The number of ether oxygens (including phenoxy) is 1. The molecule has 1 aliphatic rings. The van der Waals surface area contributed by atoms with Crippen molar-refractivity contribution in [3.63, 3.8) is 0 Å². The molecule has 1 fully saturated rings. The minimum absolute atomic E-state index is 0.0330. The molecule has 0 aromatic heterocycles. The molecular formula is C31H34ClF3N4O5S. The van der Waals surface area contributed by atoms with Gasteiger partial charge >= 0.3 is 6.09 Å². The second-order valence-corrected chi connectivity index (χ2v) is 13.2. The quantitative estimate of drug-likeness (QED) is 0.286. The summed E-state index contributed by atoms with van der Waals surface area (Å²) >= 11 is 6.06. The molecule has 45 heavy (non-hydrogen) atoms. The molecule has 0 aliphatic carbocycles. The lowest BCUT2D eigenvalue weighted by Crippen LogP contribution is -2.58. The first-order chi connectivity index (χ1) is 21.3. The fourth-order valence-electron chi connectivity index (χ4n) is 5.77. The van der Waals surface area contributed by atoms with Gasteiger partial charge in [0, 0.05) is 53.4 Å². The van der Waals surface area contributed by atoms with Gasteiger partial charge in [-0.15, -0.1) is 0 Å². The molecule has 4 atom stereocenters. The summed E-state index contributed by atoms with van der Waals surface area (Å²) in [6, 6.07) is 10.7. The summed E-state index contributed by atoms with van der Waals surface area (Å²) in [6.45, 7) is 2.62. The average molecular weight is 667 g/mol. The van der Waals surface area contributed by atoms with Crippen molar-refractivity contribution < 1.29 is 35.9 Å². The third-order valence-corrected chi connectivity index (χ3v) is 9.32. The Balaban J connectivity index is 1.70. The van der Waals surface area contributed by atoms with E-state index >= 15 is 4.39 Å². The summed E-state index contributed by atoms with van der Waals surface area (Å²) in [5, 5.41) is 8.69. The highest BCUT2D eigenvalue weighted by molar-refractivity contribution is 7.88. The van der Waals surface area contributed by atoms with Crippen LogP contribution in [0.15, 0.2) is 60.7 Å². The van der Waals surface area contributed by atoms with Crippen LogP contribution in [-0.2, 0) is 26.0 Å². The van der Waals surface area contributed by atoms with Crippen LogP contribution < -0.4 is 16.0 Å². The molecule has 1 saturated heterocycles. The van der Waals surface area contributed by atoms with Crippen molar-refractivity contribution in [2.45, 2.75) is 43.8 Å². The molecule has 0 bridgehead atoms. The molecule has 242 valence electrons. The van der Waals surface area contributed by atoms with Gasteiger partial charge in [-0.3, -0.25) is 4.79 Å². The van der Waals surface area contributed by atoms with Gasteiger partial charge < -0.3 is 20.7 Å². The Labute approximate surface area is 265 Å². The predicted molar refractivity (Wildman–Crippen MR) is 165 cm³/mol. The first-order valence-electron chi connectivity index (χ1n) is 14.1. The third kappa shape index (κ3) is 8.54. The summed E-state index contributed by atoms with van der Waals surface area (Å²) in [7, 11) is -2.46. The zero-order chi connectivity index (χ0) is 32.9. The largest absolute Gasteiger partial charge is 0.453 e. The second-order valence-electron chi connectivity index (χ2n) is 10.9. The lowest BCUT2D eigenvalue weighted by atomic mass is 9.84. The van der Waals surface area contributed by atoms with E-state index in [2.05, 4.69) is 16.0 Å². The number of nitrogens with one attached hydrogen (secondary N) is 3. The first kappa shape index (κ1) is 34.2. The zero-order valence-corrected chi connectivity index (χ0v) is 26.4. The summed E-state index contributed by atoms with van der Waals surface area (Å²) in [4.78, 5) is 26.4. The van der Waals surface area contributed by atoms with E-state index in [0.29, 0.717) is 29.7 Å². The molecule has 3 aromatic carbocycles. The van der Waals surface area contributed by atoms with Crippen LogP contribution in [0.4, 0.5) is 23.7 Å². The lowest BCUT2D eigenvalue weighted by Gasteiger charge is -2.39. The standard InChI is InChI=1S/C31H34ClF3N4O5S/c1-18-16-36-17-24(39(18)45(3,42)43)11-12-25-26(35)5-4-6-27(25)37-30(40)29(38-31(41)44-2)28(19-7-9-21(32)10-8-19)20-13-22(33)15-23(34)14-20/h4-10,13-15,18,24,28-29,36H,11-12,16-17H2,1-3H3,(H,37,40)(H,38,41)/t18-,24-,28?,29?/m0/s1. The predicted octanol–water partition coefficient (Wildman–Crippen LogP) is 4.81. The van der Waals surface area contributed by atoms with Crippen molar-refractivity contribution in [3.05, 3.63) is 99.8 Å². The summed E-state index contributed by atoms with van der Waals surface area (Å²) in [5.41, 5.74) is 0.625. The molecule has 2 amide bonds. The van der Waals surface area contributed by atoms with E-state index in [1.807, 2.05) is 0 Å². The molecule has 0 radical (unpaired) electrons. The van der Waals surface area contributed by atoms with Crippen LogP contribution in [0.2, 0.25) is 5.02 Å². The van der Waals surface area contributed by atoms with Gasteiger partial charge in [0.15, 0.2) is 0 Å². The molecule has 0 saturated carbocycles. The fourth-order valence-corrected chi connectivity index (χ4v) is 7.34. The van der Waals surface area contributed by atoms with E-state index in [9.17, 15) is 26.8 Å². The highest BCUT2D eigenvalue weighted by Crippen LogP contribution is 2.32. The van der Waals surface area contributed by atoms with Gasteiger partial charge in [0.25, 0.3) is 0 Å². The number of hydrogen-bond acceptors (Lipinski definition) is 6. The Morgan fingerprint density at radius 1 is 1.04 bits per heavy atom. The zero-order valence-electron chi connectivity index (χ0n) is 24.8. The smallest absolute Gasteiger partial charge is 0.407 e. The maximum Gasteiger partial charge on any atom is 0.407 e. The molecule has 2 unspecified atom stereocenters. The van der Waals surface area contributed by atoms with Gasteiger partial charge in [-0.2, -0.15) is 4.31 Å². The van der Waals surface area contributed by atoms with Crippen LogP contribution in [0.25, 0.3) is 0 Å². The van der Waals surface area contributed by atoms with E-state index in [4.69, 9.17) is 16.3 Å². The van der Waals surface area contributed by atoms with Gasteiger partial charge in [-0.1, -0.05) is 29.8 Å². The molecular weight excluding hydrogens is 633 g/mol. The van der Waals surface area contributed by atoms with E-state index in [1.165, 1.54) is 34.6 Å². The van der Waals surface area contributed by atoms with Crippen molar-refractivity contribution in [2.24, 2.45) is 0 Å². The SMILES string of the molecule is COC(=O)NC(C(=O)Nc1cccc(F)c1CC[C@H]1CNC[C@H](C)N1S(C)(=O)=O)C(c1ccc(Cl)cc1)c1cc(F)cc(F)c1. The maximum atomic E-state index is 15.3. The number of anilines is 1. The molecule has 3 aromatic rings. The summed E-state index contributed by atoms with van der Waals surface area (Å²) in [6.07, 6.45) is 0.448. The van der Waals surface area contributed by atoms with Gasteiger partial charge in [-0.05, 0) is 67.3 Å². The number of amides is 2. The average Bonchev–Trinajstić information content (AvgIpc) is 2.96. The number of hydrogen-bond donors (Lipinski definition) is 3. The van der Waals surface area contributed by atoms with Gasteiger partial charge in [0.2, 0.25) is 15.9 Å². The minimum Gasteiger partial charge on any atom is -0.453 e. The number of alkyl carbamates (subject to hydrolysis) is 1. The Morgan fingerprint density at radius 2 is 1.71 bits per heavy atom. The topological polar surface area (TPSA) is 117 Å². The highest BCUT2D eigenvalue weighted by atomic mass is 35.5. The Bertz CT molecular complexity index is 1620. The fraction of sp³-hybridized carbons (Fsp3) is 0.355. The van der Waals surface area contributed by atoms with Crippen LogP contribution >= 0.6 is 11.6 Å². The number of rotatable bonds is 10. The van der Waals surface area contributed by atoms with Crippen molar-refractivity contribution in [3.8, 4) is 0 Å². The molecule has 9 nitrogen and oxygen atoms in total. The molecule has 3 N–H and O–H groups in total. The number of carbonyl (C=O) groups excluding carboxylic acids is 2. The number of piperazine rings is 1. The molecule has 14 heteroatoms. The summed E-state index contributed by atoms with van der Waals surface area (Å²) < 4.78 is 75.3. The van der Waals surface area contributed by atoms with Crippen molar-refractivity contribution in [2.75, 3.05) is 31.8 Å². The van der Waals surface area contributed by atoms with Crippen LogP contribution in [-0.4, -0.2) is 69.3 Å². The van der Waals surface area contributed by atoms with Crippen molar-refractivity contribution >= 4 is 39.3 Å². The highest BCUT2D eigenvalue weighted by Gasteiger charge is 2.36. The normalized spacial score (nSPS) is 18.6. The van der Waals surface area contributed by atoms with E-state index in [0.717, 1.165) is 25.5 Å². The third-order valence-electron chi connectivity index (χ3n) is 7.65. The molecule has 4 rings (SSSR count). The minimum atomic E-state index is -3.55. The van der Waals surface area contributed by atoms with Gasteiger partial charge in [-0.25, -0.2) is 26.4 Å². The Kier molecular flexibility index (Phi) is 11.1. The Hall–Kier alpha value is -3.65.